The Bertz CT molecular complexity index is 1850. The number of hydrogen-bond acceptors (Lipinski definition) is 2. The van der Waals surface area contributed by atoms with Crippen molar-refractivity contribution in [2.24, 2.45) is 51.8 Å². The number of hydrogen-bond donors (Lipinski definition) is 0. The molecule has 6 aliphatic rings. The maximum Gasteiger partial charge on any atom is 0.0594 e. The van der Waals surface area contributed by atoms with Crippen LogP contribution in [0.3, 0.4) is 0 Å². The van der Waals surface area contributed by atoms with Gasteiger partial charge in [-0.25, -0.2) is 0 Å². The summed E-state index contributed by atoms with van der Waals surface area (Å²) in [6.45, 7) is 15.9. The van der Waals surface area contributed by atoms with E-state index in [1.807, 2.05) is 5.57 Å². The van der Waals surface area contributed by atoms with E-state index >= 15 is 0 Å². The molecule has 1 heterocycles. The summed E-state index contributed by atoms with van der Waals surface area (Å²) < 4.78 is 5.84. The molecule has 10 rings (SSSR count). The molecule has 5 aliphatic carbocycles. The number of nitrogens with zero attached hydrogens (tertiary/aromatic N) is 1. The molecule has 1 aliphatic heterocycles. The largest absolute Gasteiger partial charge is 0.379 e. The third-order valence-electron chi connectivity index (χ3n) is 15.9. The summed E-state index contributed by atoms with van der Waals surface area (Å²) in [4.78, 5) is 2.77. The van der Waals surface area contributed by atoms with Gasteiger partial charge in [-0.2, -0.15) is 0 Å². The molecule has 0 unspecified atom stereocenters. The van der Waals surface area contributed by atoms with Crippen molar-refractivity contribution in [1.82, 2.24) is 4.90 Å². The molecular weight excluding hydrogens is 717 g/mol. The van der Waals surface area contributed by atoms with Gasteiger partial charge in [-0.1, -0.05) is 167 Å². The summed E-state index contributed by atoms with van der Waals surface area (Å²) in [6, 6.07) is 46.8. The first-order valence-corrected chi connectivity index (χ1v) is 25.1. The third kappa shape index (κ3) is 7.12. The van der Waals surface area contributed by atoms with E-state index in [2.05, 4.69) is 160 Å². The van der Waals surface area contributed by atoms with Crippen LogP contribution < -0.4 is 21.2 Å². The first-order valence-electron chi connectivity index (χ1n) is 22.1. The van der Waals surface area contributed by atoms with Crippen LogP contribution in [0.4, 0.5) is 0 Å². The van der Waals surface area contributed by atoms with Gasteiger partial charge >= 0.3 is 0 Å². The zero-order valence-electron chi connectivity index (χ0n) is 34.5. The van der Waals surface area contributed by atoms with E-state index in [1.54, 1.807) is 21.2 Å². The van der Waals surface area contributed by atoms with Crippen LogP contribution in [0.5, 0.6) is 0 Å². The molecule has 8 atom stereocenters. The van der Waals surface area contributed by atoms with Crippen LogP contribution in [0.1, 0.15) is 66.2 Å². The first-order chi connectivity index (χ1) is 27.3. The highest BCUT2D eigenvalue weighted by Crippen LogP contribution is 2.75. The molecule has 2 nitrogen and oxygen atoms in total. The van der Waals surface area contributed by atoms with Crippen molar-refractivity contribution in [3.05, 3.63) is 133 Å². The summed E-state index contributed by atoms with van der Waals surface area (Å²) in [7, 11) is -1.02. The Balaban J connectivity index is 1.18. The fourth-order valence-corrected chi connectivity index (χ4v) is 19.1. The Morgan fingerprint density at radius 3 is 1.70 bits per heavy atom. The Morgan fingerprint density at radius 1 is 0.661 bits per heavy atom. The molecular formula is C52H65NOP2. The second-order valence-electron chi connectivity index (χ2n) is 19.1. The van der Waals surface area contributed by atoms with Gasteiger partial charge < -0.3 is 4.74 Å². The average Bonchev–Trinajstić information content (AvgIpc) is 3.23. The number of benzene rings is 4. The lowest BCUT2D eigenvalue weighted by Crippen LogP contribution is -2.65. The molecule has 294 valence electrons. The molecule has 4 aromatic carbocycles. The maximum atomic E-state index is 5.84. The van der Waals surface area contributed by atoms with Gasteiger partial charge in [0.2, 0.25) is 0 Å². The third-order valence-corrected chi connectivity index (χ3v) is 21.1. The number of allylic oxidation sites excluding steroid dienone is 2. The molecule has 1 spiro atoms. The Labute approximate surface area is 341 Å². The lowest BCUT2D eigenvalue weighted by molar-refractivity contribution is -0.182. The van der Waals surface area contributed by atoms with Crippen LogP contribution in [0.25, 0.3) is 0 Å². The van der Waals surface area contributed by atoms with Crippen molar-refractivity contribution in [3.63, 3.8) is 0 Å². The molecule has 0 amide bonds. The van der Waals surface area contributed by atoms with Gasteiger partial charge in [0.25, 0.3) is 0 Å². The molecule has 0 N–H and O–H groups in total. The molecule has 4 aromatic rings. The SMILES string of the molecule is CC(C)C1=C[C@@]23CC[C@H]4[C@](C)(CN5CCOCC5)CCC[C@]4(C)[C@H]2C[C@@H]1[C@H](CP(c1ccccc1)c1ccccc1)[C@H]3CP(c1ccccc1)c1ccccc1. The predicted octanol–water partition coefficient (Wildman–Crippen LogP) is 10.6. The highest BCUT2D eigenvalue weighted by molar-refractivity contribution is 7.73. The van der Waals surface area contributed by atoms with E-state index in [0.717, 1.165) is 38.1 Å². The highest BCUT2D eigenvalue weighted by atomic mass is 31.1. The zero-order chi connectivity index (χ0) is 38.3. The van der Waals surface area contributed by atoms with Crippen molar-refractivity contribution in [2.45, 2.75) is 66.2 Å². The van der Waals surface area contributed by atoms with Gasteiger partial charge in [0.1, 0.15) is 0 Å². The topological polar surface area (TPSA) is 12.5 Å². The van der Waals surface area contributed by atoms with Gasteiger partial charge in [-0.3, -0.25) is 4.90 Å². The van der Waals surface area contributed by atoms with Gasteiger partial charge in [0.05, 0.1) is 13.2 Å². The highest BCUT2D eigenvalue weighted by Gasteiger charge is 2.67. The molecule has 4 heteroatoms. The average molecular weight is 782 g/mol. The first kappa shape index (κ1) is 38.9. The minimum Gasteiger partial charge on any atom is -0.379 e. The number of morpholine rings is 1. The van der Waals surface area contributed by atoms with Crippen molar-refractivity contribution in [1.29, 1.82) is 0 Å². The summed E-state index contributed by atoms with van der Waals surface area (Å²) in [5.74, 6) is 4.09. The predicted molar refractivity (Wildman–Crippen MR) is 242 cm³/mol. The monoisotopic (exact) mass is 781 g/mol. The Hall–Kier alpha value is -2.60. The molecule has 3 saturated carbocycles. The minimum absolute atomic E-state index is 0.236. The molecule has 0 aromatic heterocycles. The number of rotatable bonds is 11. The van der Waals surface area contributed by atoms with Crippen LogP contribution in [-0.2, 0) is 4.74 Å². The van der Waals surface area contributed by atoms with E-state index < -0.39 is 15.8 Å². The van der Waals surface area contributed by atoms with Crippen LogP contribution in [0.15, 0.2) is 133 Å². The summed E-state index contributed by atoms with van der Waals surface area (Å²) in [6.07, 6.45) is 13.9. The van der Waals surface area contributed by atoms with E-state index in [1.165, 1.54) is 57.4 Å². The van der Waals surface area contributed by atoms with Crippen LogP contribution >= 0.6 is 15.8 Å². The van der Waals surface area contributed by atoms with Gasteiger partial charge in [-0.05, 0) is 133 Å². The Morgan fingerprint density at radius 2 is 1.18 bits per heavy atom. The quantitative estimate of drug-likeness (QED) is 0.111. The lowest BCUT2D eigenvalue weighted by atomic mass is 9.34. The van der Waals surface area contributed by atoms with Gasteiger partial charge in [-0.15, -0.1) is 0 Å². The van der Waals surface area contributed by atoms with Crippen LogP contribution in [0, 0.1) is 51.8 Å². The van der Waals surface area contributed by atoms with E-state index in [4.69, 9.17) is 4.74 Å². The fraction of sp³-hybridized carbons (Fsp3) is 0.500. The van der Waals surface area contributed by atoms with Crippen molar-refractivity contribution in [2.75, 3.05) is 45.2 Å². The number of fused-ring (bicyclic) bond motifs is 2. The minimum atomic E-state index is -0.520. The fourth-order valence-electron chi connectivity index (χ4n) is 13.6. The van der Waals surface area contributed by atoms with Crippen molar-refractivity contribution < 1.29 is 4.74 Å². The van der Waals surface area contributed by atoms with E-state index in [0.29, 0.717) is 34.5 Å². The van der Waals surface area contributed by atoms with Crippen LogP contribution in [-0.4, -0.2) is 50.1 Å². The number of ether oxygens (including phenoxy) is 1. The van der Waals surface area contributed by atoms with Gasteiger partial charge in [0.15, 0.2) is 0 Å². The molecule has 2 bridgehead atoms. The summed E-state index contributed by atoms with van der Waals surface area (Å²) in [5, 5.41) is 6.21. The normalized spacial score (nSPS) is 33.0. The molecule has 4 fully saturated rings. The second kappa shape index (κ2) is 16.2. The summed E-state index contributed by atoms with van der Waals surface area (Å²) in [5.41, 5.74) is 2.79. The Kier molecular flexibility index (Phi) is 11.3. The maximum absolute atomic E-state index is 5.84. The van der Waals surface area contributed by atoms with Crippen molar-refractivity contribution >= 4 is 37.1 Å². The van der Waals surface area contributed by atoms with Crippen molar-refractivity contribution in [3.8, 4) is 0 Å². The zero-order valence-corrected chi connectivity index (χ0v) is 36.3. The smallest absolute Gasteiger partial charge is 0.0594 e. The summed E-state index contributed by atoms with van der Waals surface area (Å²) >= 11 is 0. The molecule has 1 saturated heterocycles. The van der Waals surface area contributed by atoms with Gasteiger partial charge in [0, 0.05) is 19.6 Å². The molecule has 0 radical (unpaired) electrons. The van der Waals surface area contributed by atoms with E-state index in [-0.39, 0.29) is 5.41 Å². The standard InChI is InChI=1S/C52H65NOP2/c1-39(2)45-35-52-29-26-48-50(3,38-53-30-32-54-33-31-53)27-17-28-51(48,4)49(52)34-44(45)46(36-55(40-18-9-5-10-19-40)41-20-11-6-12-21-41)47(52)37-56(42-22-13-7-14-23-42)43-24-15-8-16-25-43/h5-16,18-25,35,39,44,46-49H,17,26-34,36-38H2,1-4H3/t44-,46-,47+,48-,49+,50-,51-,52+/m0/s1. The second-order valence-corrected chi connectivity index (χ2v) is 23.6. The van der Waals surface area contributed by atoms with E-state index in [9.17, 15) is 0 Å². The van der Waals surface area contributed by atoms with Crippen LogP contribution in [0.2, 0.25) is 0 Å². The lowest BCUT2D eigenvalue weighted by Gasteiger charge is -2.71. The molecule has 56 heavy (non-hydrogen) atoms.